The van der Waals surface area contributed by atoms with Crippen LogP contribution < -0.4 is 10.1 Å². The minimum absolute atomic E-state index is 0.490. The highest BCUT2D eigenvalue weighted by Gasteiger charge is 2.07. The second-order valence-electron chi connectivity index (χ2n) is 4.37. The summed E-state index contributed by atoms with van der Waals surface area (Å²) in [5.41, 5.74) is 2.01. The zero-order valence-electron chi connectivity index (χ0n) is 11.0. The largest absolute Gasteiger partial charge is 0.496 e. The first kappa shape index (κ1) is 13.6. The van der Waals surface area contributed by atoms with E-state index in [-0.39, 0.29) is 0 Å². The van der Waals surface area contributed by atoms with Crippen molar-refractivity contribution in [2.75, 3.05) is 13.7 Å². The Bertz CT molecular complexity index is 499. The number of para-hydroxylation sites is 1. The van der Waals surface area contributed by atoms with Crippen LogP contribution in [0, 0.1) is 0 Å². The molecule has 19 heavy (non-hydrogen) atoms. The van der Waals surface area contributed by atoms with Crippen molar-refractivity contribution in [3.63, 3.8) is 0 Å². The molecule has 2 aromatic carbocycles. The number of nitrogens with one attached hydrogen (secondary N) is 1. The highest BCUT2D eigenvalue weighted by molar-refractivity contribution is 5.33. The number of aliphatic hydroxyl groups is 1. The molecule has 0 spiro atoms. The quantitative estimate of drug-likeness (QED) is 0.835. The van der Waals surface area contributed by atoms with Gasteiger partial charge in [-0.25, -0.2) is 0 Å². The first-order valence-corrected chi connectivity index (χ1v) is 6.37. The van der Waals surface area contributed by atoms with Crippen molar-refractivity contribution >= 4 is 0 Å². The highest BCUT2D eigenvalue weighted by Crippen LogP contribution is 2.17. The van der Waals surface area contributed by atoms with Gasteiger partial charge in [0.2, 0.25) is 0 Å². The van der Waals surface area contributed by atoms with Crippen molar-refractivity contribution in [3.8, 4) is 5.75 Å². The van der Waals surface area contributed by atoms with Crippen LogP contribution >= 0.6 is 0 Å². The van der Waals surface area contributed by atoms with Crippen molar-refractivity contribution in [3.05, 3.63) is 65.7 Å². The summed E-state index contributed by atoms with van der Waals surface area (Å²) < 4.78 is 5.28. The minimum atomic E-state index is -0.490. The molecule has 0 saturated heterocycles. The number of ether oxygens (including phenoxy) is 1. The zero-order chi connectivity index (χ0) is 13.5. The molecule has 1 atom stereocenters. The maximum absolute atomic E-state index is 10.0. The minimum Gasteiger partial charge on any atom is -0.496 e. The van der Waals surface area contributed by atoms with Crippen LogP contribution in [-0.2, 0) is 6.54 Å². The van der Waals surface area contributed by atoms with Gasteiger partial charge in [0.1, 0.15) is 5.75 Å². The fourth-order valence-electron chi connectivity index (χ4n) is 1.99. The number of hydrogen-bond donors (Lipinski definition) is 2. The molecule has 0 aromatic heterocycles. The van der Waals surface area contributed by atoms with Crippen LogP contribution in [-0.4, -0.2) is 18.8 Å². The molecule has 2 N–H and O–H groups in total. The van der Waals surface area contributed by atoms with Gasteiger partial charge in [0.25, 0.3) is 0 Å². The van der Waals surface area contributed by atoms with Gasteiger partial charge in [0.05, 0.1) is 13.2 Å². The average molecular weight is 257 g/mol. The fourth-order valence-corrected chi connectivity index (χ4v) is 1.99. The van der Waals surface area contributed by atoms with E-state index in [0.717, 1.165) is 16.9 Å². The molecule has 0 saturated carbocycles. The summed E-state index contributed by atoms with van der Waals surface area (Å²) in [6.45, 7) is 1.19. The number of benzene rings is 2. The Kier molecular flexibility index (Phi) is 4.95. The van der Waals surface area contributed by atoms with Gasteiger partial charge in [-0.3, -0.25) is 0 Å². The van der Waals surface area contributed by atoms with Gasteiger partial charge in [-0.15, -0.1) is 0 Å². The van der Waals surface area contributed by atoms with Gasteiger partial charge < -0.3 is 15.2 Å². The Morgan fingerprint density at radius 2 is 1.74 bits per heavy atom. The molecule has 3 heteroatoms. The summed E-state index contributed by atoms with van der Waals surface area (Å²) in [6, 6.07) is 17.5. The monoisotopic (exact) mass is 257 g/mol. The molecule has 0 radical (unpaired) electrons. The van der Waals surface area contributed by atoms with Gasteiger partial charge in [-0.1, -0.05) is 48.5 Å². The fraction of sp³-hybridized carbons (Fsp3) is 0.250. The van der Waals surface area contributed by atoms with Crippen molar-refractivity contribution in [2.24, 2.45) is 0 Å². The summed E-state index contributed by atoms with van der Waals surface area (Å²) in [7, 11) is 1.66. The molecule has 0 fully saturated rings. The van der Waals surface area contributed by atoms with Crippen LogP contribution in [0.4, 0.5) is 0 Å². The maximum atomic E-state index is 10.0. The van der Waals surface area contributed by atoms with E-state index in [1.165, 1.54) is 0 Å². The molecule has 0 bridgehead atoms. The molecule has 2 aromatic rings. The lowest BCUT2D eigenvalue weighted by Gasteiger charge is -2.13. The van der Waals surface area contributed by atoms with E-state index >= 15 is 0 Å². The standard InChI is InChI=1S/C16H19NO2/c1-19-16-10-6-5-9-14(16)11-17-12-15(18)13-7-3-2-4-8-13/h2-10,15,17-18H,11-12H2,1H3. The Morgan fingerprint density at radius 1 is 1.05 bits per heavy atom. The second kappa shape index (κ2) is 6.92. The van der Waals surface area contributed by atoms with E-state index in [1.807, 2.05) is 54.6 Å². The molecule has 0 amide bonds. The van der Waals surface area contributed by atoms with Crippen molar-refractivity contribution < 1.29 is 9.84 Å². The molecular weight excluding hydrogens is 238 g/mol. The first-order valence-electron chi connectivity index (χ1n) is 6.37. The Morgan fingerprint density at radius 3 is 2.47 bits per heavy atom. The van der Waals surface area contributed by atoms with Gasteiger partial charge >= 0.3 is 0 Å². The Labute approximate surface area is 113 Å². The predicted molar refractivity (Wildman–Crippen MR) is 76.1 cm³/mol. The molecule has 3 nitrogen and oxygen atoms in total. The second-order valence-corrected chi connectivity index (χ2v) is 4.37. The van der Waals surface area contributed by atoms with E-state index in [0.29, 0.717) is 13.1 Å². The lowest BCUT2D eigenvalue weighted by molar-refractivity contribution is 0.174. The van der Waals surface area contributed by atoms with Gasteiger partial charge in [0.15, 0.2) is 0 Å². The van der Waals surface area contributed by atoms with Crippen molar-refractivity contribution in [1.29, 1.82) is 0 Å². The number of methoxy groups -OCH3 is 1. The van der Waals surface area contributed by atoms with Gasteiger partial charge in [-0.2, -0.15) is 0 Å². The summed E-state index contributed by atoms with van der Waals surface area (Å²) in [4.78, 5) is 0. The zero-order valence-corrected chi connectivity index (χ0v) is 11.0. The van der Waals surface area contributed by atoms with Crippen molar-refractivity contribution in [2.45, 2.75) is 12.6 Å². The van der Waals surface area contributed by atoms with E-state index in [9.17, 15) is 5.11 Å². The number of hydrogen-bond acceptors (Lipinski definition) is 3. The van der Waals surface area contributed by atoms with E-state index in [2.05, 4.69) is 5.32 Å². The Hall–Kier alpha value is -1.84. The third-order valence-electron chi connectivity index (χ3n) is 3.03. The summed E-state index contributed by atoms with van der Waals surface area (Å²) >= 11 is 0. The maximum Gasteiger partial charge on any atom is 0.123 e. The van der Waals surface area contributed by atoms with Crippen LogP contribution in [0.2, 0.25) is 0 Å². The lowest BCUT2D eigenvalue weighted by atomic mass is 10.1. The van der Waals surface area contributed by atoms with Gasteiger partial charge in [0, 0.05) is 18.7 Å². The van der Waals surface area contributed by atoms with Crippen LogP contribution in [0.3, 0.4) is 0 Å². The molecule has 0 aliphatic rings. The number of aliphatic hydroxyl groups excluding tert-OH is 1. The Balaban J connectivity index is 1.87. The molecule has 1 unspecified atom stereocenters. The molecule has 0 aliphatic heterocycles. The lowest BCUT2D eigenvalue weighted by Crippen LogP contribution is -2.21. The third-order valence-corrected chi connectivity index (χ3v) is 3.03. The molecule has 2 rings (SSSR count). The van der Waals surface area contributed by atoms with Crippen LogP contribution in [0.1, 0.15) is 17.2 Å². The SMILES string of the molecule is COc1ccccc1CNCC(O)c1ccccc1. The molecule has 0 aliphatic carbocycles. The predicted octanol–water partition coefficient (Wildman–Crippen LogP) is 2.52. The summed E-state index contributed by atoms with van der Waals surface area (Å²) in [5, 5.41) is 13.3. The van der Waals surface area contributed by atoms with Crippen LogP contribution in [0.15, 0.2) is 54.6 Å². The molecular formula is C16H19NO2. The van der Waals surface area contributed by atoms with Crippen molar-refractivity contribution in [1.82, 2.24) is 5.32 Å². The topological polar surface area (TPSA) is 41.5 Å². The third kappa shape index (κ3) is 3.81. The summed E-state index contributed by atoms with van der Waals surface area (Å²) in [6.07, 6.45) is -0.490. The van der Waals surface area contributed by atoms with E-state index in [1.54, 1.807) is 7.11 Å². The average Bonchev–Trinajstić information content (AvgIpc) is 2.48. The first-order chi connectivity index (χ1) is 9.31. The van der Waals surface area contributed by atoms with Gasteiger partial charge in [-0.05, 0) is 11.6 Å². The highest BCUT2D eigenvalue weighted by atomic mass is 16.5. The molecule has 0 heterocycles. The smallest absolute Gasteiger partial charge is 0.123 e. The van der Waals surface area contributed by atoms with Crippen LogP contribution in [0.25, 0.3) is 0 Å². The molecule has 100 valence electrons. The summed E-state index contributed by atoms with van der Waals surface area (Å²) in [5.74, 6) is 0.865. The van der Waals surface area contributed by atoms with Crippen LogP contribution in [0.5, 0.6) is 5.75 Å². The normalized spacial score (nSPS) is 12.1. The van der Waals surface area contributed by atoms with E-state index < -0.39 is 6.10 Å². The van der Waals surface area contributed by atoms with E-state index in [4.69, 9.17) is 4.74 Å². The number of rotatable bonds is 6.